The quantitative estimate of drug-likeness (QED) is 0.636. The number of nitrogens with zero attached hydrogens (tertiary/aromatic N) is 4. The van der Waals surface area contributed by atoms with Gasteiger partial charge in [-0.15, -0.1) is 0 Å². The fraction of sp³-hybridized carbons (Fsp3) is 0.278. The maximum absolute atomic E-state index is 13.2. The summed E-state index contributed by atoms with van der Waals surface area (Å²) < 4.78 is 22.3. The Hall–Kier alpha value is -3.34. The van der Waals surface area contributed by atoms with Gasteiger partial charge in [-0.25, -0.2) is 14.2 Å². The Morgan fingerprint density at radius 2 is 2.10 bits per heavy atom. The molecule has 3 amide bonds. The van der Waals surface area contributed by atoms with Crippen molar-refractivity contribution >= 4 is 28.6 Å². The molecule has 0 aliphatic rings. The first kappa shape index (κ1) is 20.4. The standard InChI is InChI=1S/C18H19FN6O3S/c1-10-15(11(2)28-23-10)16(26)25(3)9-14-21-18(29-24-14)22-17(27)20-8-12-5-4-6-13(19)7-12/h4-7H,8-9H2,1-3H3,(H2,20,21,22,24,27). The lowest BCUT2D eigenvalue weighted by atomic mass is 10.2. The summed E-state index contributed by atoms with van der Waals surface area (Å²) >= 11 is 0.998. The monoisotopic (exact) mass is 418 g/mol. The molecule has 3 aromatic rings. The number of benzene rings is 1. The molecule has 2 aromatic heterocycles. The van der Waals surface area contributed by atoms with Crippen molar-refractivity contribution in [3.63, 3.8) is 0 Å². The van der Waals surface area contributed by atoms with Crippen LogP contribution in [0.1, 0.15) is 33.2 Å². The maximum atomic E-state index is 13.2. The van der Waals surface area contributed by atoms with E-state index in [1.807, 2.05) is 0 Å². The van der Waals surface area contributed by atoms with E-state index in [4.69, 9.17) is 4.52 Å². The second-order valence-electron chi connectivity index (χ2n) is 6.31. The second-order valence-corrected chi connectivity index (χ2v) is 7.07. The predicted octanol–water partition coefficient (Wildman–Crippen LogP) is 2.88. The van der Waals surface area contributed by atoms with Gasteiger partial charge < -0.3 is 14.7 Å². The summed E-state index contributed by atoms with van der Waals surface area (Å²) in [6.07, 6.45) is 0. The van der Waals surface area contributed by atoms with E-state index < -0.39 is 6.03 Å². The smallest absolute Gasteiger partial charge is 0.321 e. The number of carbonyl (C=O) groups excluding carboxylic acids is 2. The fourth-order valence-electron chi connectivity index (χ4n) is 2.60. The van der Waals surface area contributed by atoms with Crippen LogP contribution < -0.4 is 10.6 Å². The summed E-state index contributed by atoms with van der Waals surface area (Å²) in [5.74, 6) is 0.216. The van der Waals surface area contributed by atoms with Gasteiger partial charge in [-0.05, 0) is 31.5 Å². The van der Waals surface area contributed by atoms with Crippen molar-refractivity contribution in [1.82, 2.24) is 24.7 Å². The van der Waals surface area contributed by atoms with Gasteiger partial charge in [0.05, 0.1) is 12.2 Å². The number of halogens is 1. The molecule has 3 rings (SSSR count). The molecule has 11 heteroatoms. The van der Waals surface area contributed by atoms with Crippen LogP contribution in [0.4, 0.5) is 14.3 Å². The largest absolute Gasteiger partial charge is 0.361 e. The van der Waals surface area contributed by atoms with Gasteiger partial charge in [-0.2, -0.15) is 4.37 Å². The molecule has 1 aromatic carbocycles. The molecule has 0 atom stereocenters. The number of urea groups is 1. The van der Waals surface area contributed by atoms with Crippen molar-refractivity contribution < 1.29 is 18.5 Å². The second kappa shape index (κ2) is 8.78. The number of aromatic nitrogens is 3. The Labute approximate surface area is 170 Å². The average Bonchev–Trinajstić information content (AvgIpc) is 3.25. The van der Waals surface area contributed by atoms with Crippen molar-refractivity contribution in [3.8, 4) is 0 Å². The number of carbonyl (C=O) groups is 2. The van der Waals surface area contributed by atoms with Crippen molar-refractivity contribution in [3.05, 3.63) is 58.5 Å². The summed E-state index contributed by atoms with van der Waals surface area (Å²) in [5.41, 5.74) is 1.57. The zero-order valence-corrected chi connectivity index (χ0v) is 16.8. The van der Waals surface area contributed by atoms with Crippen molar-refractivity contribution in [2.45, 2.75) is 26.9 Å². The van der Waals surface area contributed by atoms with Gasteiger partial charge in [-0.1, -0.05) is 17.3 Å². The predicted molar refractivity (Wildman–Crippen MR) is 104 cm³/mol. The molecule has 2 heterocycles. The first-order chi connectivity index (χ1) is 13.8. The number of nitrogens with one attached hydrogen (secondary N) is 2. The summed E-state index contributed by atoms with van der Waals surface area (Å²) in [6.45, 7) is 3.70. The summed E-state index contributed by atoms with van der Waals surface area (Å²) in [7, 11) is 1.62. The third kappa shape index (κ3) is 5.13. The van der Waals surface area contributed by atoms with Crippen LogP contribution in [0.3, 0.4) is 0 Å². The molecule has 0 aliphatic carbocycles. The van der Waals surface area contributed by atoms with E-state index in [1.165, 1.54) is 17.0 Å². The SMILES string of the molecule is Cc1noc(C)c1C(=O)N(C)Cc1nsc(NC(=O)NCc2cccc(F)c2)n1. The van der Waals surface area contributed by atoms with E-state index in [0.29, 0.717) is 28.4 Å². The zero-order chi connectivity index (χ0) is 21.0. The lowest BCUT2D eigenvalue weighted by molar-refractivity contribution is 0.0779. The molecule has 152 valence electrons. The molecule has 0 saturated heterocycles. The molecule has 0 radical (unpaired) electrons. The Morgan fingerprint density at radius 3 is 2.79 bits per heavy atom. The normalized spacial score (nSPS) is 10.6. The topological polar surface area (TPSA) is 113 Å². The van der Waals surface area contributed by atoms with Gasteiger partial charge in [0.2, 0.25) is 5.13 Å². The van der Waals surface area contributed by atoms with E-state index in [0.717, 1.165) is 11.5 Å². The van der Waals surface area contributed by atoms with Gasteiger partial charge in [0, 0.05) is 25.1 Å². The molecule has 0 unspecified atom stereocenters. The number of anilines is 1. The third-order valence-electron chi connectivity index (χ3n) is 4.00. The van der Waals surface area contributed by atoms with Gasteiger partial charge in [-0.3, -0.25) is 10.1 Å². The molecule has 0 bridgehead atoms. The number of aryl methyl sites for hydroxylation is 2. The highest BCUT2D eigenvalue weighted by atomic mass is 32.1. The highest BCUT2D eigenvalue weighted by Crippen LogP contribution is 2.17. The molecule has 9 nitrogen and oxygen atoms in total. The highest BCUT2D eigenvalue weighted by Gasteiger charge is 2.22. The molecule has 0 fully saturated rings. The molecule has 0 aliphatic heterocycles. The Morgan fingerprint density at radius 1 is 1.31 bits per heavy atom. The van der Waals surface area contributed by atoms with Gasteiger partial charge in [0.25, 0.3) is 5.91 Å². The van der Waals surface area contributed by atoms with Crippen molar-refractivity contribution in [2.75, 3.05) is 12.4 Å². The summed E-state index contributed by atoms with van der Waals surface area (Å²) in [6, 6.07) is 5.46. The Bertz CT molecular complexity index is 1010. The number of hydrogen-bond acceptors (Lipinski definition) is 7. The number of hydrogen-bond donors (Lipinski definition) is 2. The van der Waals surface area contributed by atoms with E-state index in [2.05, 4.69) is 25.1 Å². The lowest BCUT2D eigenvalue weighted by Crippen LogP contribution is -2.28. The lowest BCUT2D eigenvalue weighted by Gasteiger charge is -2.14. The summed E-state index contributed by atoms with van der Waals surface area (Å²) in [5, 5.41) is 9.25. The van der Waals surface area contributed by atoms with Crippen molar-refractivity contribution in [2.24, 2.45) is 0 Å². The van der Waals surface area contributed by atoms with Crippen LogP contribution in [0, 0.1) is 19.7 Å². The maximum Gasteiger partial charge on any atom is 0.321 e. The first-order valence-corrected chi connectivity index (χ1v) is 9.41. The molecule has 0 spiro atoms. The van der Waals surface area contributed by atoms with Crippen molar-refractivity contribution in [1.29, 1.82) is 0 Å². The number of rotatable bonds is 6. The highest BCUT2D eigenvalue weighted by molar-refractivity contribution is 7.09. The van der Waals surface area contributed by atoms with Crippen LogP contribution in [0.25, 0.3) is 0 Å². The van der Waals surface area contributed by atoms with E-state index in [-0.39, 0.29) is 29.9 Å². The van der Waals surface area contributed by atoms with E-state index in [9.17, 15) is 14.0 Å². The molecule has 2 N–H and O–H groups in total. The van der Waals surface area contributed by atoms with Gasteiger partial charge >= 0.3 is 6.03 Å². The first-order valence-electron chi connectivity index (χ1n) is 8.63. The van der Waals surface area contributed by atoms with Gasteiger partial charge in [0.15, 0.2) is 5.82 Å². The minimum absolute atomic E-state index is 0.159. The Balaban J connectivity index is 1.53. The van der Waals surface area contributed by atoms with Crippen LogP contribution >= 0.6 is 11.5 Å². The molecule has 0 saturated carbocycles. The summed E-state index contributed by atoms with van der Waals surface area (Å²) in [4.78, 5) is 30.2. The molecular weight excluding hydrogens is 399 g/mol. The minimum atomic E-state index is -0.489. The zero-order valence-electron chi connectivity index (χ0n) is 16.0. The number of amides is 3. The van der Waals surface area contributed by atoms with Crippen LogP contribution in [0.15, 0.2) is 28.8 Å². The van der Waals surface area contributed by atoms with E-state index >= 15 is 0 Å². The van der Waals surface area contributed by atoms with Crippen LogP contribution in [0.5, 0.6) is 0 Å². The third-order valence-corrected chi connectivity index (χ3v) is 4.67. The molecule has 29 heavy (non-hydrogen) atoms. The van der Waals surface area contributed by atoms with E-state index in [1.54, 1.807) is 33.0 Å². The minimum Gasteiger partial charge on any atom is -0.361 e. The average molecular weight is 418 g/mol. The van der Waals surface area contributed by atoms with Crippen LogP contribution in [0.2, 0.25) is 0 Å². The van der Waals surface area contributed by atoms with Crippen LogP contribution in [-0.2, 0) is 13.1 Å². The Kier molecular flexibility index (Phi) is 6.17. The van der Waals surface area contributed by atoms with Crippen LogP contribution in [-0.4, -0.2) is 38.4 Å². The van der Waals surface area contributed by atoms with Gasteiger partial charge in [0.1, 0.15) is 17.1 Å². The fourth-order valence-corrected chi connectivity index (χ4v) is 3.18. The molecular formula is C18H19FN6O3S.